The molecule has 0 saturated carbocycles. The van der Waals surface area contributed by atoms with Crippen LogP contribution in [-0.2, 0) is 0 Å². The maximum Gasteiger partial charge on any atom is 0.119 e. The van der Waals surface area contributed by atoms with Crippen LogP contribution in [0.2, 0.25) is 0 Å². The molecule has 0 spiro atoms. The summed E-state index contributed by atoms with van der Waals surface area (Å²) in [6, 6.07) is 7.44. The first kappa shape index (κ1) is 13.8. The van der Waals surface area contributed by atoms with Gasteiger partial charge in [0.15, 0.2) is 0 Å². The van der Waals surface area contributed by atoms with Crippen LogP contribution in [0.5, 0.6) is 11.5 Å². The van der Waals surface area contributed by atoms with Crippen molar-refractivity contribution < 1.29 is 9.47 Å². The third-order valence-electron chi connectivity index (χ3n) is 1.30. The van der Waals surface area contributed by atoms with Crippen molar-refractivity contribution in [2.75, 3.05) is 14.2 Å². The zero-order valence-electron chi connectivity index (χ0n) is 10.6. The van der Waals surface area contributed by atoms with Crippen molar-refractivity contribution in [3.05, 3.63) is 24.3 Å². The van der Waals surface area contributed by atoms with Gasteiger partial charge in [0, 0.05) is 0 Å². The molecule has 0 aliphatic carbocycles. The Morgan fingerprint density at radius 2 is 0.933 bits per heavy atom. The van der Waals surface area contributed by atoms with Crippen LogP contribution in [0.3, 0.4) is 0 Å². The molecule has 0 aliphatic heterocycles. The Kier molecular flexibility index (Phi) is 5.83. The van der Waals surface area contributed by atoms with E-state index in [1.54, 1.807) is 14.2 Å². The highest BCUT2D eigenvalue weighted by Crippen LogP contribution is 2.15. The van der Waals surface area contributed by atoms with Gasteiger partial charge in [-0.25, -0.2) is 0 Å². The topological polar surface area (TPSA) is 18.5 Å². The number of rotatable bonds is 2. The van der Waals surface area contributed by atoms with E-state index in [1.807, 2.05) is 24.3 Å². The van der Waals surface area contributed by atoms with Crippen molar-refractivity contribution >= 4 is 0 Å². The van der Waals surface area contributed by atoms with Gasteiger partial charge in [-0.1, -0.05) is 27.7 Å². The van der Waals surface area contributed by atoms with Crippen LogP contribution >= 0.6 is 0 Å². The molecule has 1 rings (SSSR count). The van der Waals surface area contributed by atoms with Gasteiger partial charge in [-0.05, 0) is 29.7 Å². The Balaban J connectivity index is 0.000000336. The minimum Gasteiger partial charge on any atom is -0.497 e. The molecule has 0 N–H and O–H groups in total. The van der Waals surface area contributed by atoms with Gasteiger partial charge >= 0.3 is 0 Å². The van der Waals surface area contributed by atoms with E-state index in [1.165, 1.54) is 0 Å². The molecule has 0 radical (unpaired) electrons. The standard InChI is InChI=1S/C8H10O2.C5H12/c1-9-7-3-5-8(10-2)6-4-7;1-5(2,3)4/h3-6H,1-2H3;1-4H3. The third kappa shape index (κ3) is 9.13. The number of ether oxygens (including phenoxy) is 2. The molecule has 1 aromatic carbocycles. The summed E-state index contributed by atoms with van der Waals surface area (Å²) in [6.07, 6.45) is 0. The highest BCUT2D eigenvalue weighted by molar-refractivity contribution is 5.30. The lowest BCUT2D eigenvalue weighted by molar-refractivity contribution is 0.403. The first-order valence-electron chi connectivity index (χ1n) is 5.05. The molecular weight excluding hydrogens is 188 g/mol. The summed E-state index contributed by atoms with van der Waals surface area (Å²) in [7, 11) is 3.28. The van der Waals surface area contributed by atoms with Crippen LogP contribution in [0.15, 0.2) is 24.3 Å². The number of benzene rings is 1. The lowest BCUT2D eigenvalue weighted by Crippen LogP contribution is -1.93. The van der Waals surface area contributed by atoms with Crippen molar-refractivity contribution in [1.82, 2.24) is 0 Å². The largest absolute Gasteiger partial charge is 0.497 e. The molecule has 0 amide bonds. The van der Waals surface area contributed by atoms with Gasteiger partial charge in [-0.2, -0.15) is 0 Å². The van der Waals surface area contributed by atoms with Crippen LogP contribution in [0.1, 0.15) is 27.7 Å². The Morgan fingerprint density at radius 1 is 0.733 bits per heavy atom. The average Bonchev–Trinajstić information content (AvgIpc) is 2.15. The van der Waals surface area contributed by atoms with Gasteiger partial charge in [0.2, 0.25) is 0 Å². The zero-order valence-corrected chi connectivity index (χ0v) is 10.6. The predicted octanol–water partition coefficient (Wildman–Crippen LogP) is 3.76. The first-order valence-corrected chi connectivity index (χ1v) is 5.05. The summed E-state index contributed by atoms with van der Waals surface area (Å²) in [4.78, 5) is 0. The van der Waals surface area contributed by atoms with E-state index in [-0.39, 0.29) is 0 Å². The molecule has 0 unspecified atom stereocenters. The second kappa shape index (κ2) is 6.33. The number of hydrogen-bond acceptors (Lipinski definition) is 2. The van der Waals surface area contributed by atoms with Gasteiger partial charge in [0.1, 0.15) is 11.5 Å². The Bertz CT molecular complexity index is 228. The second-order valence-corrected chi connectivity index (χ2v) is 4.88. The Morgan fingerprint density at radius 3 is 1.07 bits per heavy atom. The van der Waals surface area contributed by atoms with Gasteiger partial charge in [0.05, 0.1) is 14.2 Å². The minimum absolute atomic E-state index is 0.500. The first-order chi connectivity index (χ1) is 6.86. The minimum atomic E-state index is 0.500. The van der Waals surface area contributed by atoms with Crippen molar-refractivity contribution in [2.45, 2.75) is 27.7 Å². The molecule has 1 aromatic rings. The van der Waals surface area contributed by atoms with Crippen molar-refractivity contribution in [3.8, 4) is 11.5 Å². The molecule has 0 heterocycles. The fraction of sp³-hybridized carbons (Fsp3) is 0.538. The van der Waals surface area contributed by atoms with E-state index in [2.05, 4.69) is 27.7 Å². The molecule has 0 saturated heterocycles. The van der Waals surface area contributed by atoms with Crippen LogP contribution < -0.4 is 9.47 Å². The number of methoxy groups -OCH3 is 2. The van der Waals surface area contributed by atoms with E-state index in [0.717, 1.165) is 11.5 Å². The molecular formula is C13H22O2. The van der Waals surface area contributed by atoms with E-state index < -0.39 is 0 Å². The molecule has 0 bridgehead atoms. The number of hydrogen-bond donors (Lipinski definition) is 0. The van der Waals surface area contributed by atoms with Gasteiger partial charge in [-0.15, -0.1) is 0 Å². The van der Waals surface area contributed by atoms with Crippen molar-refractivity contribution in [1.29, 1.82) is 0 Å². The molecule has 2 nitrogen and oxygen atoms in total. The van der Waals surface area contributed by atoms with Crippen LogP contribution in [0.4, 0.5) is 0 Å². The van der Waals surface area contributed by atoms with Gasteiger partial charge < -0.3 is 9.47 Å². The third-order valence-corrected chi connectivity index (χ3v) is 1.30. The fourth-order valence-corrected chi connectivity index (χ4v) is 0.712. The van der Waals surface area contributed by atoms with Crippen molar-refractivity contribution in [2.24, 2.45) is 5.41 Å². The smallest absolute Gasteiger partial charge is 0.119 e. The lowest BCUT2D eigenvalue weighted by Gasteiger charge is -2.05. The summed E-state index contributed by atoms with van der Waals surface area (Å²) in [5.74, 6) is 1.70. The van der Waals surface area contributed by atoms with Crippen molar-refractivity contribution in [3.63, 3.8) is 0 Å². The highest BCUT2D eigenvalue weighted by atomic mass is 16.5. The molecule has 0 aliphatic rings. The Labute approximate surface area is 93.2 Å². The molecule has 86 valence electrons. The quantitative estimate of drug-likeness (QED) is 0.740. The molecule has 0 atom stereocenters. The maximum atomic E-state index is 4.96. The molecule has 2 heteroatoms. The summed E-state index contributed by atoms with van der Waals surface area (Å²) < 4.78 is 9.92. The van der Waals surface area contributed by atoms with Crippen LogP contribution in [0.25, 0.3) is 0 Å². The van der Waals surface area contributed by atoms with E-state index >= 15 is 0 Å². The van der Waals surface area contributed by atoms with Gasteiger partial charge in [-0.3, -0.25) is 0 Å². The maximum absolute atomic E-state index is 4.96. The fourth-order valence-electron chi connectivity index (χ4n) is 0.712. The second-order valence-electron chi connectivity index (χ2n) is 4.88. The van der Waals surface area contributed by atoms with Crippen LogP contribution in [0, 0.1) is 5.41 Å². The average molecular weight is 210 g/mol. The molecule has 0 fully saturated rings. The monoisotopic (exact) mass is 210 g/mol. The summed E-state index contributed by atoms with van der Waals surface area (Å²) >= 11 is 0. The highest BCUT2D eigenvalue weighted by Gasteiger charge is 1.95. The summed E-state index contributed by atoms with van der Waals surface area (Å²) in [5.41, 5.74) is 0.500. The predicted molar refractivity (Wildman–Crippen MR) is 64.7 cm³/mol. The SMILES string of the molecule is CC(C)(C)C.COc1ccc(OC)cc1. The normalized spacial score (nSPS) is 10.0. The molecule has 0 aromatic heterocycles. The summed E-state index contributed by atoms with van der Waals surface area (Å²) in [5, 5.41) is 0. The summed E-state index contributed by atoms with van der Waals surface area (Å²) in [6.45, 7) is 8.75. The van der Waals surface area contributed by atoms with Crippen LogP contribution in [-0.4, -0.2) is 14.2 Å². The Hall–Kier alpha value is -1.18. The van der Waals surface area contributed by atoms with Gasteiger partial charge in [0.25, 0.3) is 0 Å². The van der Waals surface area contributed by atoms with E-state index in [0.29, 0.717) is 5.41 Å². The lowest BCUT2D eigenvalue weighted by atomic mass is 10.0. The van der Waals surface area contributed by atoms with E-state index in [9.17, 15) is 0 Å². The zero-order chi connectivity index (χ0) is 11.9. The molecule has 15 heavy (non-hydrogen) atoms. The van der Waals surface area contributed by atoms with E-state index in [4.69, 9.17) is 9.47 Å².